The quantitative estimate of drug-likeness (QED) is 0.833. The summed E-state index contributed by atoms with van der Waals surface area (Å²) in [4.78, 5) is 16.2. The van der Waals surface area contributed by atoms with E-state index in [4.69, 9.17) is 10.5 Å². The number of benzene rings is 1. The maximum atomic E-state index is 12.6. The fraction of sp³-hybridized carbons (Fsp3) is 0.533. The van der Waals surface area contributed by atoms with Crippen LogP contribution in [-0.2, 0) is 0 Å². The van der Waals surface area contributed by atoms with Crippen LogP contribution >= 0.6 is 0 Å². The zero-order valence-electron chi connectivity index (χ0n) is 12.6. The highest BCUT2D eigenvalue weighted by Crippen LogP contribution is 2.28. The lowest BCUT2D eigenvalue weighted by Crippen LogP contribution is -2.44. The van der Waals surface area contributed by atoms with E-state index in [0.717, 1.165) is 12.1 Å². The summed E-state index contributed by atoms with van der Waals surface area (Å²) in [6, 6.07) is 7.55. The number of hydrogen-bond acceptors (Lipinski definition) is 3. The lowest BCUT2D eigenvalue weighted by Gasteiger charge is -2.30. The van der Waals surface area contributed by atoms with Crippen LogP contribution in [0.1, 0.15) is 20.3 Å². The third-order valence-corrected chi connectivity index (χ3v) is 3.23. The molecule has 0 atom stereocenters. The van der Waals surface area contributed by atoms with Gasteiger partial charge in [-0.2, -0.15) is 0 Å². The first kappa shape index (κ1) is 16.3. The minimum Gasteiger partial charge on any atom is -0.495 e. The Labute approximate surface area is 121 Å². The van der Waals surface area contributed by atoms with Crippen molar-refractivity contribution in [2.45, 2.75) is 20.3 Å². The van der Waals surface area contributed by atoms with E-state index in [0.29, 0.717) is 31.9 Å². The zero-order chi connectivity index (χ0) is 15.0. The van der Waals surface area contributed by atoms with Crippen LogP contribution in [0.5, 0.6) is 5.75 Å². The average Bonchev–Trinajstić information content (AvgIpc) is 2.49. The van der Waals surface area contributed by atoms with E-state index in [1.54, 1.807) is 16.9 Å². The molecule has 1 rings (SSSR count). The normalized spacial score (nSPS) is 10.2. The molecule has 0 saturated heterocycles. The summed E-state index contributed by atoms with van der Waals surface area (Å²) >= 11 is 0. The number of ether oxygens (including phenoxy) is 1. The predicted octanol–water partition coefficient (Wildman–Crippen LogP) is 2.31. The highest BCUT2D eigenvalue weighted by atomic mass is 16.5. The first-order chi connectivity index (χ1) is 9.69. The van der Waals surface area contributed by atoms with Crippen LogP contribution < -0.4 is 15.4 Å². The first-order valence-electron chi connectivity index (χ1n) is 7.09. The Kier molecular flexibility index (Phi) is 6.87. The predicted molar refractivity (Wildman–Crippen MR) is 82.3 cm³/mol. The fourth-order valence-electron chi connectivity index (χ4n) is 2.09. The number of para-hydroxylation sites is 2. The van der Waals surface area contributed by atoms with E-state index in [9.17, 15) is 4.79 Å². The molecule has 0 unspecified atom stereocenters. The second kappa shape index (κ2) is 8.43. The van der Waals surface area contributed by atoms with Crippen LogP contribution in [0.15, 0.2) is 24.3 Å². The summed E-state index contributed by atoms with van der Waals surface area (Å²) in [6.07, 6.45) is 0.755. The molecular weight excluding hydrogens is 254 g/mol. The van der Waals surface area contributed by atoms with Crippen LogP contribution in [0.25, 0.3) is 0 Å². The Balaban J connectivity index is 3.07. The molecule has 5 heteroatoms. The molecule has 1 aromatic rings. The standard InChI is InChI=1S/C15H25N3O2/c1-4-17(5-2)15(19)18(12-8-11-16)13-9-6-7-10-14(13)20-3/h6-7,9-10H,4-5,8,11-12,16H2,1-3H3. The van der Waals surface area contributed by atoms with Gasteiger partial charge in [-0.1, -0.05) is 12.1 Å². The van der Waals surface area contributed by atoms with Crippen molar-refractivity contribution in [2.75, 3.05) is 38.2 Å². The lowest BCUT2D eigenvalue weighted by molar-refractivity contribution is 0.209. The van der Waals surface area contributed by atoms with E-state index < -0.39 is 0 Å². The molecule has 0 heterocycles. The van der Waals surface area contributed by atoms with Crippen molar-refractivity contribution < 1.29 is 9.53 Å². The number of rotatable bonds is 7. The second-order valence-electron chi connectivity index (χ2n) is 4.42. The van der Waals surface area contributed by atoms with Gasteiger partial charge in [-0.05, 0) is 38.9 Å². The van der Waals surface area contributed by atoms with E-state index in [-0.39, 0.29) is 6.03 Å². The molecule has 2 amide bonds. The minimum atomic E-state index is -0.00653. The molecule has 0 radical (unpaired) electrons. The van der Waals surface area contributed by atoms with E-state index in [1.165, 1.54) is 0 Å². The molecule has 0 fully saturated rings. The third kappa shape index (κ3) is 3.87. The SMILES string of the molecule is CCN(CC)C(=O)N(CCCN)c1ccccc1OC. The van der Waals surface area contributed by atoms with Gasteiger partial charge < -0.3 is 15.4 Å². The highest BCUT2D eigenvalue weighted by molar-refractivity contribution is 5.93. The fourth-order valence-corrected chi connectivity index (χ4v) is 2.09. The Morgan fingerprint density at radius 1 is 1.25 bits per heavy atom. The molecule has 20 heavy (non-hydrogen) atoms. The Hall–Kier alpha value is -1.75. The van der Waals surface area contributed by atoms with Crippen molar-refractivity contribution in [1.82, 2.24) is 4.90 Å². The van der Waals surface area contributed by atoms with Crippen molar-refractivity contribution >= 4 is 11.7 Å². The van der Waals surface area contributed by atoms with Crippen LogP contribution in [0.3, 0.4) is 0 Å². The summed E-state index contributed by atoms with van der Waals surface area (Å²) in [5.74, 6) is 0.699. The number of anilines is 1. The van der Waals surface area contributed by atoms with Gasteiger partial charge in [-0.25, -0.2) is 4.79 Å². The molecule has 2 N–H and O–H groups in total. The van der Waals surface area contributed by atoms with Gasteiger partial charge in [0.15, 0.2) is 0 Å². The molecule has 1 aromatic carbocycles. The number of methoxy groups -OCH3 is 1. The van der Waals surface area contributed by atoms with Gasteiger partial charge in [0.1, 0.15) is 5.75 Å². The van der Waals surface area contributed by atoms with E-state index >= 15 is 0 Å². The largest absolute Gasteiger partial charge is 0.495 e. The first-order valence-corrected chi connectivity index (χ1v) is 7.09. The Morgan fingerprint density at radius 3 is 2.45 bits per heavy atom. The van der Waals surface area contributed by atoms with Gasteiger partial charge >= 0.3 is 6.03 Å². The van der Waals surface area contributed by atoms with E-state index in [1.807, 2.05) is 38.1 Å². The molecule has 0 aromatic heterocycles. The summed E-state index contributed by atoms with van der Waals surface area (Å²) in [5.41, 5.74) is 6.38. The van der Waals surface area contributed by atoms with Gasteiger partial charge in [-0.15, -0.1) is 0 Å². The summed E-state index contributed by atoms with van der Waals surface area (Å²) < 4.78 is 5.36. The van der Waals surface area contributed by atoms with E-state index in [2.05, 4.69) is 0 Å². The molecule has 0 spiro atoms. The van der Waals surface area contributed by atoms with Crippen LogP contribution in [0.4, 0.5) is 10.5 Å². The van der Waals surface area contributed by atoms with Gasteiger partial charge in [0.05, 0.1) is 12.8 Å². The number of urea groups is 1. The molecule has 0 aliphatic carbocycles. The van der Waals surface area contributed by atoms with Gasteiger partial charge in [0.2, 0.25) is 0 Å². The highest BCUT2D eigenvalue weighted by Gasteiger charge is 2.22. The number of amides is 2. The summed E-state index contributed by atoms with van der Waals surface area (Å²) in [6.45, 7) is 6.46. The van der Waals surface area contributed by atoms with Crippen molar-refractivity contribution in [3.8, 4) is 5.75 Å². The molecule has 0 saturated carbocycles. The van der Waals surface area contributed by atoms with Crippen molar-refractivity contribution in [2.24, 2.45) is 5.73 Å². The maximum Gasteiger partial charge on any atom is 0.324 e. The van der Waals surface area contributed by atoms with Crippen molar-refractivity contribution in [3.63, 3.8) is 0 Å². The minimum absolute atomic E-state index is 0.00653. The number of carbonyl (C=O) groups is 1. The summed E-state index contributed by atoms with van der Waals surface area (Å²) in [7, 11) is 1.61. The number of nitrogens with two attached hydrogens (primary N) is 1. The van der Waals surface area contributed by atoms with Gasteiger partial charge in [-0.3, -0.25) is 4.90 Å². The molecule has 5 nitrogen and oxygen atoms in total. The lowest BCUT2D eigenvalue weighted by atomic mass is 10.2. The van der Waals surface area contributed by atoms with Crippen molar-refractivity contribution in [3.05, 3.63) is 24.3 Å². The smallest absolute Gasteiger partial charge is 0.324 e. The molecule has 0 aliphatic heterocycles. The van der Waals surface area contributed by atoms with Crippen molar-refractivity contribution in [1.29, 1.82) is 0 Å². The van der Waals surface area contributed by atoms with Crippen LogP contribution in [-0.4, -0.2) is 44.2 Å². The Bertz CT molecular complexity index is 419. The van der Waals surface area contributed by atoms with Gasteiger partial charge in [0.25, 0.3) is 0 Å². The van der Waals surface area contributed by atoms with Crippen LogP contribution in [0, 0.1) is 0 Å². The van der Waals surface area contributed by atoms with Gasteiger partial charge in [0, 0.05) is 19.6 Å². The third-order valence-electron chi connectivity index (χ3n) is 3.23. The monoisotopic (exact) mass is 279 g/mol. The summed E-state index contributed by atoms with van der Waals surface area (Å²) in [5, 5.41) is 0. The number of carbonyl (C=O) groups excluding carboxylic acids is 1. The molecule has 0 aliphatic rings. The Morgan fingerprint density at radius 2 is 1.90 bits per heavy atom. The van der Waals surface area contributed by atoms with Crippen LogP contribution in [0.2, 0.25) is 0 Å². The topological polar surface area (TPSA) is 58.8 Å². The zero-order valence-corrected chi connectivity index (χ0v) is 12.6. The maximum absolute atomic E-state index is 12.6. The molecule has 112 valence electrons. The number of nitrogens with zero attached hydrogens (tertiary/aromatic N) is 2. The molecular formula is C15H25N3O2. The average molecular weight is 279 g/mol. The number of hydrogen-bond donors (Lipinski definition) is 1. The second-order valence-corrected chi connectivity index (χ2v) is 4.42. The molecule has 0 bridgehead atoms.